The van der Waals surface area contributed by atoms with Crippen molar-refractivity contribution in [3.05, 3.63) is 53.8 Å². The number of rotatable bonds is 7. The van der Waals surface area contributed by atoms with Crippen LogP contribution in [0, 0.1) is 18.8 Å². The molecule has 5 atom stereocenters. The molecule has 3 amide bonds. The Balaban J connectivity index is 1.35. The predicted octanol–water partition coefficient (Wildman–Crippen LogP) is 3.12. The summed E-state index contributed by atoms with van der Waals surface area (Å²) in [5.41, 5.74) is -1.45. The molecule has 1 aliphatic carbocycles. The van der Waals surface area contributed by atoms with Crippen molar-refractivity contribution >= 4 is 23.5 Å². The van der Waals surface area contributed by atoms with Crippen molar-refractivity contribution in [1.29, 1.82) is 0 Å². The second-order valence-corrected chi connectivity index (χ2v) is 11.3. The van der Waals surface area contributed by atoms with Gasteiger partial charge in [0.25, 0.3) is 0 Å². The molecule has 2 saturated heterocycles. The van der Waals surface area contributed by atoms with E-state index < -0.39 is 35.0 Å². The Hall–Kier alpha value is -3.66. The lowest BCUT2D eigenvalue weighted by Gasteiger charge is -2.34. The summed E-state index contributed by atoms with van der Waals surface area (Å²) >= 11 is 0. The molecule has 3 aliphatic heterocycles. The van der Waals surface area contributed by atoms with Gasteiger partial charge < -0.3 is 29.5 Å². The number of amides is 3. The van der Waals surface area contributed by atoms with Crippen LogP contribution in [0.25, 0.3) is 0 Å². The quantitative estimate of drug-likeness (QED) is 0.523. The van der Waals surface area contributed by atoms with Gasteiger partial charge in [-0.2, -0.15) is 0 Å². The zero-order valence-corrected chi connectivity index (χ0v) is 22.4. The van der Waals surface area contributed by atoms with Gasteiger partial charge in [-0.3, -0.25) is 14.4 Å². The van der Waals surface area contributed by atoms with E-state index in [-0.39, 0.29) is 30.2 Å². The lowest BCUT2D eigenvalue weighted by atomic mass is 9.70. The third kappa shape index (κ3) is 4.21. The van der Waals surface area contributed by atoms with Gasteiger partial charge in [-0.05, 0) is 44.4 Å². The Morgan fingerprint density at radius 2 is 1.87 bits per heavy atom. The number of carbonyl (C=O) groups is 3. The van der Waals surface area contributed by atoms with Gasteiger partial charge in [-0.1, -0.05) is 48.7 Å². The lowest BCUT2D eigenvalue weighted by Crippen LogP contribution is -2.56. The minimum absolute atomic E-state index is 0.0623. The summed E-state index contributed by atoms with van der Waals surface area (Å²) in [7, 11) is 1.59. The highest BCUT2D eigenvalue weighted by Gasteiger charge is 2.76. The molecule has 39 heavy (non-hydrogen) atoms. The van der Waals surface area contributed by atoms with Gasteiger partial charge in [-0.25, -0.2) is 0 Å². The van der Waals surface area contributed by atoms with E-state index in [0.29, 0.717) is 11.5 Å². The molecule has 4 heterocycles. The van der Waals surface area contributed by atoms with Crippen molar-refractivity contribution in [3.8, 4) is 5.75 Å². The van der Waals surface area contributed by atoms with Gasteiger partial charge in [0.2, 0.25) is 17.7 Å². The molecule has 1 spiro atoms. The molecule has 1 saturated carbocycles. The van der Waals surface area contributed by atoms with Crippen molar-refractivity contribution in [2.24, 2.45) is 11.8 Å². The molecule has 2 aromatic rings. The molecule has 6 rings (SSSR count). The number of nitrogens with one attached hydrogen (secondary N) is 2. The van der Waals surface area contributed by atoms with Crippen molar-refractivity contribution in [3.63, 3.8) is 0 Å². The van der Waals surface area contributed by atoms with Crippen molar-refractivity contribution < 1.29 is 28.4 Å². The largest absolute Gasteiger partial charge is 0.497 e. The number of fused-ring (bicyclic) bond motifs is 1. The number of anilines is 1. The number of hydrogen-bond donors (Lipinski definition) is 2. The van der Waals surface area contributed by atoms with Crippen LogP contribution in [0.4, 0.5) is 5.82 Å². The maximum Gasteiger partial charge on any atom is 0.246 e. The number of hydrogen-bond acceptors (Lipinski definition) is 7. The second-order valence-electron chi connectivity index (χ2n) is 11.3. The molecule has 2 N–H and O–H groups in total. The fourth-order valence-electron chi connectivity index (χ4n) is 6.88. The number of carbonyl (C=O) groups excluding carboxylic acids is 3. The third-order valence-electron chi connectivity index (χ3n) is 8.67. The molecule has 1 aromatic carbocycles. The molecule has 2 bridgehead atoms. The molecule has 0 radical (unpaired) electrons. The number of ether oxygens (including phenoxy) is 2. The van der Waals surface area contributed by atoms with E-state index in [9.17, 15) is 14.4 Å². The summed E-state index contributed by atoms with van der Waals surface area (Å²) < 4.78 is 17.0. The van der Waals surface area contributed by atoms with Gasteiger partial charge >= 0.3 is 0 Å². The van der Waals surface area contributed by atoms with Gasteiger partial charge in [0, 0.05) is 18.7 Å². The average molecular weight is 535 g/mol. The Morgan fingerprint density at radius 1 is 1.13 bits per heavy atom. The molecule has 10 nitrogen and oxygen atoms in total. The maximum absolute atomic E-state index is 14.2. The highest BCUT2D eigenvalue weighted by Crippen LogP contribution is 2.60. The monoisotopic (exact) mass is 534 g/mol. The summed E-state index contributed by atoms with van der Waals surface area (Å²) in [6.07, 6.45) is 8.78. The van der Waals surface area contributed by atoms with Gasteiger partial charge in [0.15, 0.2) is 5.82 Å². The molecule has 4 aliphatic rings. The smallest absolute Gasteiger partial charge is 0.246 e. The van der Waals surface area contributed by atoms with E-state index >= 15 is 0 Å². The summed E-state index contributed by atoms with van der Waals surface area (Å²) in [5, 5.41) is 9.88. The zero-order valence-electron chi connectivity index (χ0n) is 22.4. The predicted molar refractivity (Wildman–Crippen MR) is 141 cm³/mol. The van der Waals surface area contributed by atoms with E-state index in [4.69, 9.17) is 14.0 Å². The highest BCUT2D eigenvalue weighted by atomic mass is 16.5. The second kappa shape index (κ2) is 9.51. The third-order valence-corrected chi connectivity index (χ3v) is 8.67. The van der Waals surface area contributed by atoms with Gasteiger partial charge in [-0.15, -0.1) is 0 Å². The average Bonchev–Trinajstić information content (AvgIpc) is 3.62. The Kier molecular flexibility index (Phi) is 6.25. The van der Waals surface area contributed by atoms with Crippen LogP contribution in [-0.4, -0.2) is 58.2 Å². The number of aryl methyl sites for hydroxylation is 1. The normalized spacial score (nSPS) is 31.4. The Bertz CT molecular complexity index is 1320. The number of methoxy groups -OCH3 is 1. The standard InChI is InChI=1S/C29H34N4O6/c1-17-15-21(32-38-17)31-25(34)22-23-27(36)33(16-18-9-11-20(37-3)12-10-18)24(29(23)14-13-28(22,2)39-29)26(35)30-19-7-5-4-6-8-19/h9-15,19,22-24H,4-8,16H2,1-3H3,(H,30,35)(H,31,32,34)/t22-,23-,24-,28+,29-/m0/s1. The van der Waals surface area contributed by atoms with E-state index in [1.165, 1.54) is 0 Å². The summed E-state index contributed by atoms with van der Waals surface area (Å²) in [6.45, 7) is 3.73. The molecule has 3 fully saturated rings. The molecular weight excluding hydrogens is 500 g/mol. The fraction of sp³-hybridized carbons (Fsp3) is 0.517. The number of aromatic nitrogens is 1. The fourth-order valence-corrected chi connectivity index (χ4v) is 6.88. The van der Waals surface area contributed by atoms with Gasteiger partial charge in [0.05, 0.1) is 24.5 Å². The van der Waals surface area contributed by atoms with Crippen LogP contribution >= 0.6 is 0 Å². The van der Waals surface area contributed by atoms with Crippen LogP contribution in [0.3, 0.4) is 0 Å². The minimum Gasteiger partial charge on any atom is -0.497 e. The van der Waals surface area contributed by atoms with E-state index in [1.54, 1.807) is 31.9 Å². The maximum atomic E-state index is 14.2. The lowest BCUT2D eigenvalue weighted by molar-refractivity contribution is -0.145. The minimum atomic E-state index is -1.25. The Labute approximate surface area is 227 Å². The van der Waals surface area contributed by atoms with Crippen molar-refractivity contribution in [2.75, 3.05) is 12.4 Å². The van der Waals surface area contributed by atoms with Crippen molar-refractivity contribution in [1.82, 2.24) is 15.4 Å². The van der Waals surface area contributed by atoms with Crippen LogP contribution in [0.5, 0.6) is 5.75 Å². The molecule has 206 valence electrons. The zero-order chi connectivity index (χ0) is 27.4. The molecule has 0 unspecified atom stereocenters. The first-order valence-electron chi connectivity index (χ1n) is 13.6. The van der Waals surface area contributed by atoms with Gasteiger partial charge in [0.1, 0.15) is 23.2 Å². The van der Waals surface area contributed by atoms with E-state index in [1.807, 2.05) is 36.4 Å². The number of nitrogens with zero attached hydrogens (tertiary/aromatic N) is 2. The summed E-state index contributed by atoms with van der Waals surface area (Å²) in [4.78, 5) is 43.4. The van der Waals surface area contributed by atoms with E-state index in [0.717, 1.165) is 37.7 Å². The van der Waals surface area contributed by atoms with E-state index in [2.05, 4.69) is 15.8 Å². The van der Waals surface area contributed by atoms with Crippen LogP contribution in [0.1, 0.15) is 50.4 Å². The first kappa shape index (κ1) is 25.6. The van der Waals surface area contributed by atoms with Crippen LogP contribution in [-0.2, 0) is 25.7 Å². The first-order chi connectivity index (χ1) is 18.7. The summed E-state index contributed by atoms with van der Waals surface area (Å²) in [6, 6.07) is 8.17. The molecule has 10 heteroatoms. The molecule has 1 aromatic heterocycles. The first-order valence-corrected chi connectivity index (χ1v) is 13.6. The highest BCUT2D eigenvalue weighted by molar-refractivity contribution is 6.03. The number of benzene rings is 1. The number of likely N-dealkylation sites (tertiary alicyclic amines) is 1. The summed E-state index contributed by atoms with van der Waals surface area (Å²) in [5.74, 6) is -1.10. The Morgan fingerprint density at radius 3 is 2.54 bits per heavy atom. The molecular formula is C29H34N4O6. The van der Waals surface area contributed by atoms with Crippen LogP contribution < -0.4 is 15.4 Å². The van der Waals surface area contributed by atoms with Crippen LogP contribution in [0.15, 0.2) is 47.0 Å². The van der Waals surface area contributed by atoms with Crippen molar-refractivity contribution in [2.45, 2.75) is 75.8 Å². The topological polar surface area (TPSA) is 123 Å². The van der Waals surface area contributed by atoms with Crippen LogP contribution in [0.2, 0.25) is 0 Å². The SMILES string of the molecule is COc1ccc(CN2C(=O)[C@@H]3[C@@H](C(=O)Nc4cc(C)on4)[C@@]4(C)C=C[C@@]3(O4)[C@@H]2C(=O)NC2CCCCC2)cc1.